The van der Waals surface area contributed by atoms with Crippen LogP contribution in [0.15, 0.2) is 0 Å². The van der Waals surface area contributed by atoms with E-state index in [4.69, 9.17) is 0 Å². The molecular weight excluding hydrogens is 362 g/mol. The molecule has 0 amide bonds. The summed E-state index contributed by atoms with van der Waals surface area (Å²) in [6, 6.07) is 2.95. The van der Waals surface area contributed by atoms with Crippen molar-refractivity contribution in [2.24, 2.45) is 28.6 Å². The molecule has 3 rings (SSSR count). The fourth-order valence-electron chi connectivity index (χ4n) is 7.92. The Morgan fingerprint density at radius 2 is 1.37 bits per heavy atom. The molecule has 3 aliphatic rings. The zero-order valence-corrected chi connectivity index (χ0v) is 20.5. The smallest absolute Gasteiger partial charge is 0.0692 e. The minimum absolute atomic E-state index is 0.0258. The highest BCUT2D eigenvalue weighted by atomic mass is 14.5. The lowest BCUT2D eigenvalue weighted by Gasteiger charge is -2.52. The van der Waals surface area contributed by atoms with Crippen LogP contribution < -0.4 is 0 Å². The van der Waals surface area contributed by atoms with Gasteiger partial charge in [-0.25, -0.2) is 0 Å². The highest BCUT2D eigenvalue weighted by Crippen LogP contribution is 2.58. The van der Waals surface area contributed by atoms with Crippen LogP contribution in [0.1, 0.15) is 149 Å². The van der Waals surface area contributed by atoms with E-state index in [1.807, 2.05) is 0 Å². The summed E-state index contributed by atoms with van der Waals surface area (Å²) in [6.45, 7) is 4.69. The molecule has 30 heavy (non-hydrogen) atoms. The second-order valence-electron chi connectivity index (χ2n) is 11.6. The molecule has 0 heterocycles. The Kier molecular flexibility index (Phi) is 9.60. The third kappa shape index (κ3) is 5.84. The lowest BCUT2D eigenvalue weighted by molar-refractivity contribution is -0.00693. The molecule has 0 bridgehead atoms. The molecule has 0 radical (unpaired) electrons. The first-order valence-corrected chi connectivity index (χ1v) is 14.1. The summed E-state index contributed by atoms with van der Waals surface area (Å²) in [5, 5.41) is 10.3. The molecule has 0 atom stereocenters. The average Bonchev–Trinajstić information content (AvgIpc) is 2.81. The van der Waals surface area contributed by atoms with E-state index >= 15 is 0 Å². The number of nitriles is 1. The molecule has 0 N–H and O–H groups in total. The van der Waals surface area contributed by atoms with Crippen LogP contribution in [0.2, 0.25) is 0 Å². The van der Waals surface area contributed by atoms with Gasteiger partial charge in [0, 0.05) is 0 Å². The van der Waals surface area contributed by atoms with E-state index in [0.29, 0.717) is 11.3 Å². The molecule has 3 fully saturated rings. The Hall–Kier alpha value is -0.510. The third-order valence-electron chi connectivity index (χ3n) is 9.92. The van der Waals surface area contributed by atoms with E-state index in [0.717, 1.165) is 11.8 Å². The number of unbranched alkanes of at least 4 members (excludes halogenated alkanes) is 4. The zero-order chi connectivity index (χ0) is 21.3. The van der Waals surface area contributed by atoms with Crippen molar-refractivity contribution in [1.82, 2.24) is 0 Å². The first kappa shape index (κ1) is 24.1. The average molecular weight is 414 g/mol. The molecule has 1 heteroatoms. The molecular formula is C29H51N. The minimum Gasteiger partial charge on any atom is -0.198 e. The lowest BCUT2D eigenvalue weighted by atomic mass is 9.52. The van der Waals surface area contributed by atoms with Crippen LogP contribution in [-0.4, -0.2) is 0 Å². The van der Waals surface area contributed by atoms with Gasteiger partial charge in [0.2, 0.25) is 0 Å². The molecule has 3 saturated carbocycles. The first-order valence-electron chi connectivity index (χ1n) is 14.1. The topological polar surface area (TPSA) is 23.8 Å². The summed E-state index contributed by atoms with van der Waals surface area (Å²) in [5.41, 5.74) is 0.614. The Morgan fingerprint density at radius 3 is 1.97 bits per heavy atom. The normalized spacial score (nSPS) is 35.8. The van der Waals surface area contributed by atoms with Gasteiger partial charge in [-0.15, -0.1) is 0 Å². The van der Waals surface area contributed by atoms with Gasteiger partial charge in [-0.05, 0) is 81.0 Å². The number of rotatable bonds is 10. The van der Waals surface area contributed by atoms with Crippen molar-refractivity contribution in [2.75, 3.05) is 0 Å². The van der Waals surface area contributed by atoms with Gasteiger partial charge < -0.3 is 0 Å². The second kappa shape index (κ2) is 11.9. The van der Waals surface area contributed by atoms with Crippen LogP contribution >= 0.6 is 0 Å². The fraction of sp³-hybridized carbons (Fsp3) is 0.966. The molecule has 3 aliphatic carbocycles. The van der Waals surface area contributed by atoms with Crippen LogP contribution in [0.25, 0.3) is 0 Å². The van der Waals surface area contributed by atoms with E-state index in [-0.39, 0.29) is 5.41 Å². The van der Waals surface area contributed by atoms with Crippen LogP contribution in [0.4, 0.5) is 0 Å². The van der Waals surface area contributed by atoms with Gasteiger partial charge in [-0.2, -0.15) is 5.26 Å². The van der Waals surface area contributed by atoms with Gasteiger partial charge in [-0.1, -0.05) is 90.9 Å². The maximum absolute atomic E-state index is 10.3. The van der Waals surface area contributed by atoms with Crippen molar-refractivity contribution >= 4 is 0 Å². The van der Waals surface area contributed by atoms with E-state index in [1.165, 1.54) is 135 Å². The third-order valence-corrected chi connectivity index (χ3v) is 9.92. The highest BCUT2D eigenvalue weighted by molar-refractivity contribution is 5.09. The maximum atomic E-state index is 10.3. The summed E-state index contributed by atoms with van der Waals surface area (Å²) >= 11 is 0. The first-order chi connectivity index (χ1) is 14.7. The molecule has 0 aliphatic heterocycles. The quantitative estimate of drug-likeness (QED) is 0.327. The fourth-order valence-corrected chi connectivity index (χ4v) is 7.92. The van der Waals surface area contributed by atoms with E-state index < -0.39 is 0 Å². The van der Waals surface area contributed by atoms with Gasteiger partial charge >= 0.3 is 0 Å². The number of hydrogen-bond acceptors (Lipinski definition) is 1. The van der Waals surface area contributed by atoms with Gasteiger partial charge in [0.25, 0.3) is 0 Å². The van der Waals surface area contributed by atoms with E-state index in [9.17, 15) is 5.26 Å². The molecule has 0 aromatic carbocycles. The van der Waals surface area contributed by atoms with E-state index in [2.05, 4.69) is 19.9 Å². The molecule has 0 spiro atoms. The Balaban J connectivity index is 1.50. The van der Waals surface area contributed by atoms with Gasteiger partial charge in [-0.3, -0.25) is 0 Å². The predicted octanol–water partition coefficient (Wildman–Crippen LogP) is 9.60. The van der Waals surface area contributed by atoms with Crippen LogP contribution in [0.5, 0.6) is 0 Å². The van der Waals surface area contributed by atoms with Gasteiger partial charge in [0.15, 0.2) is 0 Å². The summed E-state index contributed by atoms with van der Waals surface area (Å²) in [7, 11) is 0. The largest absolute Gasteiger partial charge is 0.198 e. The van der Waals surface area contributed by atoms with Crippen molar-refractivity contribution in [3.8, 4) is 6.07 Å². The van der Waals surface area contributed by atoms with Crippen LogP contribution in [0, 0.1) is 39.9 Å². The number of hydrogen-bond donors (Lipinski definition) is 0. The molecule has 172 valence electrons. The Labute approximate surface area is 188 Å². The molecule has 0 aromatic heterocycles. The summed E-state index contributed by atoms with van der Waals surface area (Å²) < 4.78 is 0. The van der Waals surface area contributed by atoms with Crippen molar-refractivity contribution in [3.05, 3.63) is 0 Å². The summed E-state index contributed by atoms with van der Waals surface area (Å²) in [5.74, 6) is 2.62. The predicted molar refractivity (Wildman–Crippen MR) is 129 cm³/mol. The standard InChI is InChI=1S/C29H51N/c1-3-5-6-7-9-12-25-15-17-27(18-16-25)29(24-30)22-20-28(19-4-2,21-23-29)26-13-10-8-11-14-26/h25-27H,3-23H2,1-2H3. The SMILES string of the molecule is CCCCCCCC1CCC(C2(C#N)CCC(CCC)(C3CCCCC3)CC2)CC1. The molecule has 0 aromatic rings. The Morgan fingerprint density at radius 1 is 0.700 bits per heavy atom. The van der Waals surface area contributed by atoms with Crippen molar-refractivity contribution < 1.29 is 0 Å². The highest BCUT2D eigenvalue weighted by Gasteiger charge is 2.49. The van der Waals surface area contributed by atoms with Crippen LogP contribution in [-0.2, 0) is 0 Å². The second-order valence-corrected chi connectivity index (χ2v) is 11.6. The van der Waals surface area contributed by atoms with Crippen LogP contribution in [0.3, 0.4) is 0 Å². The molecule has 0 unspecified atom stereocenters. The summed E-state index contributed by atoms with van der Waals surface area (Å²) in [6.07, 6.45) is 29.3. The summed E-state index contributed by atoms with van der Waals surface area (Å²) in [4.78, 5) is 0. The zero-order valence-electron chi connectivity index (χ0n) is 20.5. The van der Waals surface area contributed by atoms with Gasteiger partial charge in [0.1, 0.15) is 0 Å². The molecule has 0 saturated heterocycles. The minimum atomic E-state index is 0.0258. The van der Waals surface area contributed by atoms with Crippen molar-refractivity contribution in [3.63, 3.8) is 0 Å². The lowest BCUT2D eigenvalue weighted by Crippen LogP contribution is -2.43. The van der Waals surface area contributed by atoms with E-state index in [1.54, 1.807) is 0 Å². The maximum Gasteiger partial charge on any atom is 0.0692 e. The Bertz CT molecular complexity index is 507. The number of nitrogens with zero attached hydrogens (tertiary/aromatic N) is 1. The van der Waals surface area contributed by atoms with Crippen molar-refractivity contribution in [1.29, 1.82) is 5.26 Å². The molecule has 1 nitrogen and oxygen atoms in total. The monoisotopic (exact) mass is 413 g/mol. The van der Waals surface area contributed by atoms with Gasteiger partial charge in [0.05, 0.1) is 11.5 Å². The van der Waals surface area contributed by atoms with Crippen molar-refractivity contribution in [2.45, 2.75) is 149 Å².